The monoisotopic (exact) mass is 297 g/mol. The molecule has 0 atom stereocenters. The van der Waals surface area contributed by atoms with E-state index < -0.39 is 0 Å². The molecule has 0 fully saturated rings. The molecule has 3 rings (SSSR count). The zero-order valence-electron chi connectivity index (χ0n) is 12.9. The van der Waals surface area contributed by atoms with Crippen LogP contribution < -0.4 is 9.64 Å². The highest BCUT2D eigenvalue weighted by Gasteiger charge is 2.11. The minimum Gasteiger partial charge on any atom is -0.491 e. The Kier molecular flexibility index (Phi) is 3.91. The van der Waals surface area contributed by atoms with Gasteiger partial charge in [0.05, 0.1) is 12.4 Å². The lowest BCUT2D eigenvalue weighted by Gasteiger charge is -2.19. The number of aromatic nitrogens is 4. The highest BCUT2D eigenvalue weighted by atomic mass is 16.5. The molecule has 1 N–H and O–H groups in total. The quantitative estimate of drug-likeness (QED) is 0.784. The van der Waals surface area contributed by atoms with E-state index >= 15 is 0 Å². The summed E-state index contributed by atoms with van der Waals surface area (Å²) in [6.07, 6.45) is 3.33. The maximum Gasteiger partial charge on any atom is 0.182 e. The van der Waals surface area contributed by atoms with Crippen LogP contribution in [0.15, 0.2) is 36.9 Å². The molecule has 0 bridgehead atoms. The van der Waals surface area contributed by atoms with Gasteiger partial charge in [-0.15, -0.1) is 0 Å². The van der Waals surface area contributed by atoms with Crippen molar-refractivity contribution in [3.63, 3.8) is 0 Å². The number of benzene rings is 1. The Morgan fingerprint density at radius 2 is 2.09 bits per heavy atom. The first-order valence-corrected chi connectivity index (χ1v) is 7.24. The summed E-state index contributed by atoms with van der Waals surface area (Å²) in [5.41, 5.74) is 2.68. The molecule has 0 aliphatic rings. The van der Waals surface area contributed by atoms with Gasteiger partial charge >= 0.3 is 0 Å². The highest BCUT2D eigenvalue weighted by Crippen LogP contribution is 2.21. The van der Waals surface area contributed by atoms with E-state index in [0.29, 0.717) is 5.65 Å². The summed E-state index contributed by atoms with van der Waals surface area (Å²) >= 11 is 0. The van der Waals surface area contributed by atoms with Crippen LogP contribution in [0.4, 0.5) is 5.82 Å². The molecule has 1 aromatic carbocycles. The Hall–Kier alpha value is -2.63. The molecular weight excluding hydrogens is 278 g/mol. The van der Waals surface area contributed by atoms with Gasteiger partial charge in [-0.2, -0.15) is 0 Å². The normalized spacial score (nSPS) is 11.1. The van der Waals surface area contributed by atoms with Crippen LogP contribution in [0.1, 0.15) is 19.4 Å². The van der Waals surface area contributed by atoms with E-state index in [1.54, 1.807) is 6.33 Å². The Morgan fingerprint density at radius 3 is 2.91 bits per heavy atom. The summed E-state index contributed by atoms with van der Waals surface area (Å²) in [5.74, 6) is 1.72. The number of nitrogens with zero attached hydrogens (tertiary/aromatic N) is 4. The van der Waals surface area contributed by atoms with Crippen LogP contribution in [-0.2, 0) is 6.54 Å². The third-order valence-electron chi connectivity index (χ3n) is 3.25. The Bertz CT molecular complexity index is 768. The fourth-order valence-electron chi connectivity index (χ4n) is 2.38. The molecule has 0 spiro atoms. The van der Waals surface area contributed by atoms with Crippen molar-refractivity contribution in [1.29, 1.82) is 0 Å². The predicted molar refractivity (Wildman–Crippen MR) is 86.0 cm³/mol. The van der Waals surface area contributed by atoms with Gasteiger partial charge in [-0.1, -0.05) is 12.1 Å². The molecular formula is C16H19N5O. The molecule has 3 aromatic rings. The number of H-pyrrole nitrogens is 1. The standard InChI is InChI=1S/C16H19N5O/c1-11(2)22-13-6-4-5-12(7-13)8-21(3)16-14-15(18-9-17-14)19-10-20-16/h4-7,9-11H,8H2,1-3H3,(H,17,18,19,20). The van der Waals surface area contributed by atoms with Gasteiger partial charge < -0.3 is 14.6 Å². The van der Waals surface area contributed by atoms with E-state index in [-0.39, 0.29) is 6.10 Å². The second-order valence-electron chi connectivity index (χ2n) is 5.47. The van der Waals surface area contributed by atoms with E-state index in [0.717, 1.165) is 29.2 Å². The minimum atomic E-state index is 0.166. The van der Waals surface area contributed by atoms with Gasteiger partial charge in [-0.05, 0) is 31.5 Å². The van der Waals surface area contributed by atoms with E-state index in [4.69, 9.17) is 4.74 Å². The maximum atomic E-state index is 5.74. The minimum absolute atomic E-state index is 0.166. The predicted octanol–water partition coefficient (Wildman–Crippen LogP) is 2.78. The molecule has 0 unspecified atom stereocenters. The number of fused-ring (bicyclic) bond motifs is 1. The number of imidazole rings is 1. The largest absolute Gasteiger partial charge is 0.491 e. The third kappa shape index (κ3) is 3.00. The molecule has 2 heterocycles. The lowest BCUT2D eigenvalue weighted by molar-refractivity contribution is 0.242. The van der Waals surface area contributed by atoms with Gasteiger partial charge in [0, 0.05) is 13.6 Å². The van der Waals surface area contributed by atoms with Crippen LogP contribution >= 0.6 is 0 Å². The summed E-state index contributed by atoms with van der Waals surface area (Å²) in [6.45, 7) is 4.77. The highest BCUT2D eigenvalue weighted by molar-refractivity contribution is 5.82. The summed E-state index contributed by atoms with van der Waals surface area (Å²) < 4.78 is 5.74. The maximum absolute atomic E-state index is 5.74. The van der Waals surface area contributed by atoms with E-state index in [1.807, 2.05) is 33.0 Å². The second kappa shape index (κ2) is 6.01. The van der Waals surface area contributed by atoms with Crippen molar-refractivity contribution in [2.75, 3.05) is 11.9 Å². The van der Waals surface area contributed by atoms with E-state index in [9.17, 15) is 0 Å². The van der Waals surface area contributed by atoms with Crippen molar-refractivity contribution < 1.29 is 4.74 Å². The van der Waals surface area contributed by atoms with Gasteiger partial charge in [0.2, 0.25) is 0 Å². The molecule has 22 heavy (non-hydrogen) atoms. The van der Waals surface area contributed by atoms with E-state index in [2.05, 4.69) is 37.0 Å². The molecule has 114 valence electrons. The van der Waals surface area contributed by atoms with Crippen molar-refractivity contribution in [1.82, 2.24) is 19.9 Å². The lowest BCUT2D eigenvalue weighted by Crippen LogP contribution is -2.18. The molecule has 0 saturated carbocycles. The number of hydrogen-bond acceptors (Lipinski definition) is 5. The number of nitrogens with one attached hydrogen (secondary N) is 1. The van der Waals surface area contributed by atoms with Crippen molar-refractivity contribution >= 4 is 17.0 Å². The molecule has 0 amide bonds. The first-order chi connectivity index (χ1) is 10.6. The van der Waals surface area contributed by atoms with Crippen LogP contribution in [0.3, 0.4) is 0 Å². The zero-order chi connectivity index (χ0) is 15.5. The number of anilines is 1. The summed E-state index contributed by atoms with van der Waals surface area (Å²) in [6, 6.07) is 8.12. The average molecular weight is 297 g/mol. The van der Waals surface area contributed by atoms with Crippen molar-refractivity contribution in [2.45, 2.75) is 26.5 Å². The van der Waals surface area contributed by atoms with Crippen molar-refractivity contribution in [2.24, 2.45) is 0 Å². The van der Waals surface area contributed by atoms with Crippen LogP contribution in [0, 0.1) is 0 Å². The topological polar surface area (TPSA) is 66.9 Å². The van der Waals surface area contributed by atoms with Gasteiger partial charge in [-0.3, -0.25) is 0 Å². The summed E-state index contributed by atoms with van der Waals surface area (Å²) in [4.78, 5) is 17.8. The Balaban J connectivity index is 1.82. The molecule has 0 saturated heterocycles. The van der Waals surface area contributed by atoms with Crippen molar-refractivity contribution in [3.05, 3.63) is 42.5 Å². The molecule has 0 aliphatic heterocycles. The lowest BCUT2D eigenvalue weighted by atomic mass is 10.2. The fourth-order valence-corrected chi connectivity index (χ4v) is 2.38. The Labute approximate surface area is 129 Å². The number of ether oxygens (including phenoxy) is 1. The zero-order valence-corrected chi connectivity index (χ0v) is 12.9. The Morgan fingerprint density at radius 1 is 1.23 bits per heavy atom. The molecule has 6 heteroatoms. The number of rotatable bonds is 5. The first kappa shape index (κ1) is 14.3. The van der Waals surface area contributed by atoms with Crippen LogP contribution in [0.2, 0.25) is 0 Å². The SMILES string of the molecule is CC(C)Oc1cccc(CN(C)c2ncnc3nc[nH]c23)c1. The van der Waals surface area contributed by atoms with Crippen LogP contribution in [0.25, 0.3) is 11.2 Å². The number of hydrogen-bond donors (Lipinski definition) is 1. The van der Waals surface area contributed by atoms with Crippen LogP contribution in [0.5, 0.6) is 5.75 Å². The fraction of sp³-hybridized carbons (Fsp3) is 0.312. The van der Waals surface area contributed by atoms with Gasteiger partial charge in [0.25, 0.3) is 0 Å². The second-order valence-corrected chi connectivity index (χ2v) is 5.47. The van der Waals surface area contributed by atoms with Crippen molar-refractivity contribution in [3.8, 4) is 5.75 Å². The van der Waals surface area contributed by atoms with Crippen LogP contribution in [-0.4, -0.2) is 33.1 Å². The van der Waals surface area contributed by atoms with Gasteiger partial charge in [-0.25, -0.2) is 15.0 Å². The smallest absolute Gasteiger partial charge is 0.182 e. The third-order valence-corrected chi connectivity index (χ3v) is 3.25. The van der Waals surface area contributed by atoms with E-state index in [1.165, 1.54) is 6.33 Å². The first-order valence-electron chi connectivity index (χ1n) is 7.24. The number of aromatic amines is 1. The molecule has 2 aromatic heterocycles. The molecule has 0 aliphatic carbocycles. The summed E-state index contributed by atoms with van der Waals surface area (Å²) in [7, 11) is 2.00. The summed E-state index contributed by atoms with van der Waals surface area (Å²) in [5, 5.41) is 0. The molecule has 6 nitrogen and oxygen atoms in total. The van der Waals surface area contributed by atoms with Gasteiger partial charge in [0.15, 0.2) is 11.5 Å². The average Bonchev–Trinajstić information content (AvgIpc) is 2.95. The molecule has 0 radical (unpaired) electrons. The van der Waals surface area contributed by atoms with Gasteiger partial charge in [0.1, 0.15) is 17.6 Å².